The zero-order valence-corrected chi connectivity index (χ0v) is 16.8. The zero-order chi connectivity index (χ0) is 20.8. The van der Waals surface area contributed by atoms with E-state index in [4.69, 9.17) is 10.5 Å². The summed E-state index contributed by atoms with van der Waals surface area (Å²) in [4.78, 5) is 58.5. The number of ketones is 1. The lowest BCUT2D eigenvalue weighted by atomic mass is 10.1. The van der Waals surface area contributed by atoms with E-state index in [1.807, 2.05) is 0 Å². The Hall–Kier alpha value is -1.94. The van der Waals surface area contributed by atoms with Gasteiger partial charge in [0.2, 0.25) is 5.91 Å². The van der Waals surface area contributed by atoms with Gasteiger partial charge in [0, 0.05) is 25.0 Å². The van der Waals surface area contributed by atoms with Gasteiger partial charge in [-0.25, -0.2) is 0 Å². The molecular weight excluding hydrogens is 376 g/mol. The molecule has 9 nitrogen and oxygen atoms in total. The van der Waals surface area contributed by atoms with Gasteiger partial charge in [-0.2, -0.15) is 0 Å². The molecule has 27 heavy (non-hydrogen) atoms. The van der Waals surface area contributed by atoms with Crippen LogP contribution in [0.25, 0.3) is 0 Å². The van der Waals surface area contributed by atoms with Crippen molar-refractivity contribution in [1.82, 2.24) is 5.32 Å². The monoisotopic (exact) mass is 404 g/mol. The van der Waals surface area contributed by atoms with Crippen molar-refractivity contribution >= 4 is 40.5 Å². The Kier molecular flexibility index (Phi) is 13.1. The molecule has 0 aliphatic carbocycles. The number of esters is 2. The van der Waals surface area contributed by atoms with Crippen LogP contribution in [0.5, 0.6) is 0 Å². The van der Waals surface area contributed by atoms with Gasteiger partial charge in [-0.15, -0.1) is 0 Å². The summed E-state index contributed by atoms with van der Waals surface area (Å²) in [7, 11) is 1.20. The van der Waals surface area contributed by atoms with E-state index < -0.39 is 29.9 Å². The van der Waals surface area contributed by atoms with Crippen LogP contribution in [0.2, 0.25) is 0 Å². The van der Waals surface area contributed by atoms with E-state index >= 15 is 0 Å². The second-order valence-electron chi connectivity index (χ2n) is 5.60. The lowest BCUT2D eigenvalue weighted by molar-refractivity contribution is -0.144. The molecule has 3 N–H and O–H groups in total. The lowest BCUT2D eigenvalue weighted by Gasteiger charge is -2.17. The maximum atomic E-state index is 12.3. The number of thioether (sulfide) groups is 1. The first-order chi connectivity index (χ1) is 12.7. The molecule has 0 saturated carbocycles. The second kappa shape index (κ2) is 14.2. The Morgan fingerprint density at radius 2 is 1.74 bits per heavy atom. The van der Waals surface area contributed by atoms with Crippen molar-refractivity contribution in [1.29, 1.82) is 0 Å². The number of hydrogen-bond acceptors (Lipinski definition) is 9. The standard InChI is InChI=1S/C17H28N2O7S/c1-4-16(23)27-10-12(13(20)7-9-15(22)26-5-2)19-14(21)8-6-11(18)17(24)25-3/h11-12H,4-10,18H2,1-3H3,(H,19,21)/t11-,12-/m0/s1. The Balaban J connectivity index is 4.70. The molecule has 0 bridgehead atoms. The topological polar surface area (TPSA) is 142 Å². The fourth-order valence-corrected chi connectivity index (χ4v) is 2.77. The maximum absolute atomic E-state index is 12.3. The van der Waals surface area contributed by atoms with E-state index in [0.717, 1.165) is 11.8 Å². The van der Waals surface area contributed by atoms with Gasteiger partial charge in [0.05, 0.1) is 26.2 Å². The average Bonchev–Trinajstić information content (AvgIpc) is 2.66. The Morgan fingerprint density at radius 1 is 1.07 bits per heavy atom. The summed E-state index contributed by atoms with van der Waals surface area (Å²) < 4.78 is 9.25. The first-order valence-electron chi connectivity index (χ1n) is 8.71. The minimum absolute atomic E-state index is 0.0588. The van der Waals surface area contributed by atoms with Crippen LogP contribution in [0.1, 0.15) is 46.0 Å². The van der Waals surface area contributed by atoms with Crippen molar-refractivity contribution in [2.75, 3.05) is 19.5 Å². The highest BCUT2D eigenvalue weighted by molar-refractivity contribution is 8.13. The summed E-state index contributed by atoms with van der Waals surface area (Å²) in [6.45, 7) is 3.57. The minimum Gasteiger partial charge on any atom is -0.468 e. The van der Waals surface area contributed by atoms with E-state index in [0.29, 0.717) is 6.42 Å². The van der Waals surface area contributed by atoms with Crippen LogP contribution < -0.4 is 11.1 Å². The number of carbonyl (C=O) groups is 5. The smallest absolute Gasteiger partial charge is 0.322 e. The predicted molar refractivity (Wildman–Crippen MR) is 99.8 cm³/mol. The van der Waals surface area contributed by atoms with E-state index in [1.54, 1.807) is 13.8 Å². The Bertz CT molecular complexity index is 539. The molecule has 0 aromatic carbocycles. The number of methoxy groups -OCH3 is 1. The molecule has 0 spiro atoms. The number of rotatable bonds is 13. The van der Waals surface area contributed by atoms with Gasteiger partial charge in [0.15, 0.2) is 10.9 Å². The highest BCUT2D eigenvalue weighted by Crippen LogP contribution is 2.11. The van der Waals surface area contributed by atoms with Crippen LogP contribution >= 0.6 is 11.8 Å². The van der Waals surface area contributed by atoms with Crippen molar-refractivity contribution < 1.29 is 33.4 Å². The van der Waals surface area contributed by atoms with Crippen LogP contribution in [-0.4, -0.2) is 60.3 Å². The maximum Gasteiger partial charge on any atom is 0.322 e. The SMILES string of the molecule is CCOC(=O)CCC(=O)[C@H](CSC(=O)CC)NC(=O)CC[C@H](N)C(=O)OC. The van der Waals surface area contributed by atoms with Gasteiger partial charge in [-0.1, -0.05) is 18.7 Å². The predicted octanol–water partition coefficient (Wildman–Crippen LogP) is 0.334. The summed E-state index contributed by atoms with van der Waals surface area (Å²) in [5.41, 5.74) is 5.57. The highest BCUT2D eigenvalue weighted by Gasteiger charge is 2.23. The normalized spacial score (nSPS) is 12.6. The molecule has 1 amide bonds. The van der Waals surface area contributed by atoms with Gasteiger partial charge < -0.3 is 20.5 Å². The molecule has 0 rings (SSSR count). The molecule has 0 aliphatic heterocycles. The molecule has 0 aromatic rings. The van der Waals surface area contributed by atoms with E-state index in [9.17, 15) is 24.0 Å². The Morgan fingerprint density at radius 3 is 2.30 bits per heavy atom. The first kappa shape index (κ1) is 25.1. The third-order valence-corrected chi connectivity index (χ3v) is 4.60. The van der Waals surface area contributed by atoms with E-state index in [1.165, 1.54) is 7.11 Å². The van der Waals surface area contributed by atoms with Crippen LogP contribution in [0.3, 0.4) is 0 Å². The van der Waals surface area contributed by atoms with Gasteiger partial charge in [-0.05, 0) is 13.3 Å². The average molecular weight is 404 g/mol. The van der Waals surface area contributed by atoms with Gasteiger partial charge in [0.1, 0.15) is 6.04 Å². The molecule has 10 heteroatoms. The van der Waals surface area contributed by atoms with Crippen molar-refractivity contribution in [3.63, 3.8) is 0 Å². The number of ether oxygens (including phenoxy) is 2. The molecule has 0 radical (unpaired) electrons. The summed E-state index contributed by atoms with van der Waals surface area (Å²) in [5.74, 6) is -1.91. The molecule has 0 saturated heterocycles. The fourth-order valence-electron chi connectivity index (χ4n) is 1.95. The quantitative estimate of drug-likeness (QED) is 0.415. The largest absolute Gasteiger partial charge is 0.468 e. The van der Waals surface area contributed by atoms with Crippen molar-refractivity contribution in [2.45, 2.75) is 58.0 Å². The van der Waals surface area contributed by atoms with Crippen LogP contribution in [-0.2, 0) is 33.4 Å². The first-order valence-corrected chi connectivity index (χ1v) is 9.70. The van der Waals surface area contributed by atoms with Crippen molar-refractivity contribution in [2.24, 2.45) is 5.73 Å². The van der Waals surface area contributed by atoms with E-state index in [-0.39, 0.29) is 48.9 Å². The molecule has 0 fully saturated rings. The van der Waals surface area contributed by atoms with Crippen molar-refractivity contribution in [3.05, 3.63) is 0 Å². The Labute approximate surface area is 163 Å². The van der Waals surface area contributed by atoms with E-state index in [2.05, 4.69) is 10.1 Å². The summed E-state index contributed by atoms with van der Waals surface area (Å²) in [5, 5.41) is 2.43. The molecule has 0 unspecified atom stereocenters. The molecular formula is C17H28N2O7S. The third kappa shape index (κ3) is 11.4. The van der Waals surface area contributed by atoms with Gasteiger partial charge >= 0.3 is 11.9 Å². The molecule has 2 atom stereocenters. The molecule has 0 aromatic heterocycles. The fraction of sp³-hybridized carbons (Fsp3) is 0.706. The van der Waals surface area contributed by atoms with Crippen LogP contribution in [0.15, 0.2) is 0 Å². The van der Waals surface area contributed by atoms with Crippen LogP contribution in [0.4, 0.5) is 0 Å². The molecule has 154 valence electrons. The van der Waals surface area contributed by atoms with Crippen LogP contribution in [0, 0.1) is 0 Å². The number of carbonyl (C=O) groups excluding carboxylic acids is 5. The summed E-state index contributed by atoms with van der Waals surface area (Å²) >= 11 is 0.943. The van der Waals surface area contributed by atoms with Gasteiger partial charge in [-0.3, -0.25) is 24.0 Å². The minimum atomic E-state index is -0.935. The van der Waals surface area contributed by atoms with Crippen molar-refractivity contribution in [3.8, 4) is 0 Å². The van der Waals surface area contributed by atoms with Gasteiger partial charge in [0.25, 0.3) is 0 Å². The second-order valence-corrected chi connectivity index (χ2v) is 6.67. The third-order valence-electron chi connectivity index (χ3n) is 3.49. The zero-order valence-electron chi connectivity index (χ0n) is 15.9. The lowest BCUT2D eigenvalue weighted by Crippen LogP contribution is -2.43. The number of Topliss-reactive ketones (excluding diaryl/α,β-unsaturated/α-hetero) is 1. The number of hydrogen-bond donors (Lipinski definition) is 2. The number of amides is 1. The number of nitrogens with one attached hydrogen (secondary N) is 1. The highest BCUT2D eigenvalue weighted by atomic mass is 32.2. The molecule has 0 aliphatic rings. The summed E-state index contributed by atoms with van der Waals surface area (Å²) in [6.07, 6.45) is 0.0783. The summed E-state index contributed by atoms with van der Waals surface area (Å²) in [6, 6.07) is -1.85. The number of nitrogens with two attached hydrogens (primary N) is 1. The molecule has 0 heterocycles.